The molecule has 0 saturated heterocycles. The second kappa shape index (κ2) is 6.03. The van der Waals surface area contributed by atoms with Crippen LogP contribution in [0.25, 0.3) is 0 Å². The lowest BCUT2D eigenvalue weighted by atomic mass is 10.2. The number of hydrogen-bond acceptors (Lipinski definition) is 1. The first kappa shape index (κ1) is 13.8. The van der Waals surface area contributed by atoms with Crippen molar-refractivity contribution in [1.82, 2.24) is 0 Å². The van der Waals surface area contributed by atoms with Crippen LogP contribution in [0.4, 0.5) is 0 Å². The molecule has 0 spiro atoms. The molecule has 5 heteroatoms. The van der Waals surface area contributed by atoms with Gasteiger partial charge in [0.25, 0.3) is 0 Å². The Morgan fingerprint density at radius 2 is 1.67 bits per heavy atom. The number of benzene rings is 2. The molecule has 1 nitrogen and oxygen atoms in total. The van der Waals surface area contributed by atoms with Gasteiger partial charge in [0.15, 0.2) is 0 Å². The van der Waals surface area contributed by atoms with Crippen LogP contribution >= 0.6 is 46.4 Å². The van der Waals surface area contributed by atoms with Gasteiger partial charge in [-0.1, -0.05) is 40.9 Å². The van der Waals surface area contributed by atoms with E-state index < -0.39 is 0 Å². The summed E-state index contributed by atoms with van der Waals surface area (Å²) in [6.45, 7) is 0. The highest BCUT2D eigenvalue weighted by molar-refractivity contribution is 6.42. The fourth-order valence-corrected chi connectivity index (χ4v) is 2.07. The molecule has 0 saturated carbocycles. The van der Waals surface area contributed by atoms with Gasteiger partial charge in [0, 0.05) is 16.7 Å². The van der Waals surface area contributed by atoms with E-state index in [1.807, 2.05) is 6.07 Å². The van der Waals surface area contributed by atoms with Crippen molar-refractivity contribution < 1.29 is 4.74 Å². The Hall–Kier alpha value is -0.600. The molecule has 0 fully saturated rings. The van der Waals surface area contributed by atoms with Crippen molar-refractivity contribution in [2.24, 2.45) is 0 Å². The Kier molecular flexibility index (Phi) is 4.63. The van der Waals surface area contributed by atoms with Crippen molar-refractivity contribution in [2.45, 2.75) is 5.88 Å². The Balaban J connectivity index is 2.33. The van der Waals surface area contributed by atoms with Crippen molar-refractivity contribution in [2.75, 3.05) is 0 Å². The van der Waals surface area contributed by atoms with Gasteiger partial charge in [-0.15, -0.1) is 11.6 Å². The summed E-state index contributed by atoms with van der Waals surface area (Å²) in [6, 6.07) is 10.3. The van der Waals surface area contributed by atoms with Crippen LogP contribution in [0.15, 0.2) is 36.4 Å². The Morgan fingerprint density at radius 1 is 0.889 bits per heavy atom. The van der Waals surface area contributed by atoms with E-state index in [1.54, 1.807) is 30.3 Å². The van der Waals surface area contributed by atoms with E-state index in [9.17, 15) is 0 Å². The molecule has 0 radical (unpaired) electrons. The summed E-state index contributed by atoms with van der Waals surface area (Å²) in [5.41, 5.74) is 0.854. The average molecular weight is 322 g/mol. The van der Waals surface area contributed by atoms with Gasteiger partial charge < -0.3 is 4.74 Å². The molecule has 0 N–H and O–H groups in total. The third kappa shape index (κ3) is 3.24. The third-order valence-corrected chi connectivity index (χ3v) is 3.55. The Labute approximate surface area is 125 Å². The van der Waals surface area contributed by atoms with Crippen LogP contribution in [-0.4, -0.2) is 0 Å². The summed E-state index contributed by atoms with van der Waals surface area (Å²) in [5.74, 6) is 1.53. The van der Waals surface area contributed by atoms with Gasteiger partial charge in [-0.05, 0) is 24.3 Å². The largest absolute Gasteiger partial charge is 0.457 e. The van der Waals surface area contributed by atoms with Crippen molar-refractivity contribution in [3.8, 4) is 11.5 Å². The predicted molar refractivity (Wildman–Crippen MR) is 77.5 cm³/mol. The van der Waals surface area contributed by atoms with Crippen molar-refractivity contribution in [3.63, 3.8) is 0 Å². The topological polar surface area (TPSA) is 9.23 Å². The molecule has 2 aromatic rings. The van der Waals surface area contributed by atoms with Crippen LogP contribution < -0.4 is 4.74 Å². The fourth-order valence-electron chi connectivity index (χ4n) is 1.40. The van der Waals surface area contributed by atoms with Crippen LogP contribution in [0.1, 0.15) is 5.56 Å². The number of hydrogen-bond donors (Lipinski definition) is 0. The van der Waals surface area contributed by atoms with Gasteiger partial charge in [0.05, 0.1) is 15.9 Å². The zero-order valence-electron chi connectivity index (χ0n) is 9.09. The molecule has 0 atom stereocenters. The zero-order valence-corrected chi connectivity index (χ0v) is 12.1. The molecule has 0 aromatic heterocycles. The summed E-state index contributed by atoms with van der Waals surface area (Å²) in [5, 5.41) is 1.50. The molecule has 0 unspecified atom stereocenters. The van der Waals surface area contributed by atoms with E-state index in [4.69, 9.17) is 51.1 Å². The molecule has 0 bridgehead atoms. The number of rotatable bonds is 3. The second-order valence-corrected chi connectivity index (χ2v) is 5.08. The minimum atomic E-state index is 0.341. The van der Waals surface area contributed by atoms with Gasteiger partial charge in [-0.3, -0.25) is 0 Å². The van der Waals surface area contributed by atoms with E-state index in [1.165, 1.54) is 0 Å². The number of alkyl halides is 1. The monoisotopic (exact) mass is 320 g/mol. The standard InChI is InChI=1S/C13H8Cl4O/c14-7-8-1-2-9(15)5-13(8)18-10-3-4-11(16)12(17)6-10/h1-6H,7H2. The van der Waals surface area contributed by atoms with Crippen LogP contribution in [0.3, 0.4) is 0 Å². The first-order valence-electron chi connectivity index (χ1n) is 5.07. The number of ether oxygens (including phenoxy) is 1. The van der Waals surface area contributed by atoms with Crippen molar-refractivity contribution in [3.05, 3.63) is 57.0 Å². The van der Waals surface area contributed by atoms with Gasteiger partial charge in [-0.25, -0.2) is 0 Å². The highest BCUT2D eigenvalue weighted by Gasteiger charge is 2.07. The smallest absolute Gasteiger partial charge is 0.133 e. The first-order chi connectivity index (χ1) is 8.60. The highest BCUT2D eigenvalue weighted by atomic mass is 35.5. The molecule has 0 aliphatic heterocycles. The molecule has 0 aliphatic carbocycles. The van der Waals surface area contributed by atoms with E-state index in [-0.39, 0.29) is 0 Å². The molecule has 2 aromatic carbocycles. The Bertz CT molecular complexity index is 569. The lowest BCUT2D eigenvalue weighted by Crippen LogP contribution is -1.89. The van der Waals surface area contributed by atoms with Crippen LogP contribution in [0.5, 0.6) is 11.5 Å². The third-order valence-electron chi connectivity index (χ3n) is 2.29. The summed E-state index contributed by atoms with van der Waals surface area (Å²) in [6.07, 6.45) is 0. The normalized spacial score (nSPS) is 10.4. The van der Waals surface area contributed by atoms with Gasteiger partial charge in [-0.2, -0.15) is 0 Å². The summed E-state index contributed by atoms with van der Waals surface area (Å²) < 4.78 is 5.71. The molecule has 0 aliphatic rings. The van der Waals surface area contributed by atoms with Crippen LogP contribution in [0.2, 0.25) is 15.1 Å². The summed E-state index contributed by atoms with van der Waals surface area (Å²) in [4.78, 5) is 0. The number of halogens is 4. The second-order valence-electron chi connectivity index (χ2n) is 3.56. The molecular formula is C13H8Cl4O. The highest BCUT2D eigenvalue weighted by Crippen LogP contribution is 2.32. The van der Waals surface area contributed by atoms with Gasteiger partial charge in [0.2, 0.25) is 0 Å². The summed E-state index contributed by atoms with van der Waals surface area (Å²) >= 11 is 23.5. The van der Waals surface area contributed by atoms with Gasteiger partial charge >= 0.3 is 0 Å². The van der Waals surface area contributed by atoms with Crippen molar-refractivity contribution >= 4 is 46.4 Å². The molecule has 2 rings (SSSR count). The molecule has 94 valence electrons. The lowest BCUT2D eigenvalue weighted by Gasteiger charge is -2.10. The average Bonchev–Trinajstić information content (AvgIpc) is 2.34. The Morgan fingerprint density at radius 3 is 2.33 bits per heavy atom. The molecule has 0 amide bonds. The van der Waals surface area contributed by atoms with E-state index in [2.05, 4.69) is 0 Å². The van der Waals surface area contributed by atoms with Gasteiger partial charge in [0.1, 0.15) is 11.5 Å². The maximum Gasteiger partial charge on any atom is 0.133 e. The van der Waals surface area contributed by atoms with E-state index in [0.717, 1.165) is 5.56 Å². The van der Waals surface area contributed by atoms with Crippen LogP contribution in [0, 0.1) is 0 Å². The maximum atomic E-state index is 5.93. The minimum absolute atomic E-state index is 0.341. The van der Waals surface area contributed by atoms with Crippen LogP contribution in [-0.2, 0) is 5.88 Å². The van der Waals surface area contributed by atoms with Crippen molar-refractivity contribution in [1.29, 1.82) is 0 Å². The molecular weight excluding hydrogens is 314 g/mol. The molecule has 18 heavy (non-hydrogen) atoms. The summed E-state index contributed by atoms with van der Waals surface area (Å²) in [7, 11) is 0. The maximum absolute atomic E-state index is 5.93. The quantitative estimate of drug-likeness (QED) is 0.613. The SMILES string of the molecule is ClCc1ccc(Cl)cc1Oc1ccc(Cl)c(Cl)c1. The molecule has 0 heterocycles. The minimum Gasteiger partial charge on any atom is -0.457 e. The lowest BCUT2D eigenvalue weighted by molar-refractivity contribution is 0.478. The predicted octanol–water partition coefficient (Wildman–Crippen LogP) is 6.18. The first-order valence-corrected chi connectivity index (χ1v) is 6.74. The van der Waals surface area contributed by atoms with E-state index in [0.29, 0.717) is 32.4 Å². The zero-order chi connectivity index (χ0) is 13.1. The van der Waals surface area contributed by atoms with E-state index >= 15 is 0 Å². The fraction of sp³-hybridized carbons (Fsp3) is 0.0769.